The van der Waals surface area contributed by atoms with Crippen molar-refractivity contribution in [1.82, 2.24) is 15.2 Å². The Kier molecular flexibility index (Phi) is 3.64. The van der Waals surface area contributed by atoms with Gasteiger partial charge in [0.15, 0.2) is 0 Å². The molecule has 19 heavy (non-hydrogen) atoms. The van der Waals surface area contributed by atoms with Crippen molar-refractivity contribution in [3.05, 3.63) is 41.2 Å². The van der Waals surface area contributed by atoms with Gasteiger partial charge in [0, 0.05) is 12.7 Å². The number of nitrogens with zero attached hydrogens (tertiary/aromatic N) is 4. The van der Waals surface area contributed by atoms with Gasteiger partial charge in [0.1, 0.15) is 0 Å². The van der Waals surface area contributed by atoms with Crippen molar-refractivity contribution in [2.75, 3.05) is 17.7 Å². The van der Waals surface area contributed by atoms with E-state index in [9.17, 15) is 0 Å². The van der Waals surface area contributed by atoms with Crippen LogP contribution in [0.5, 0.6) is 0 Å². The summed E-state index contributed by atoms with van der Waals surface area (Å²) in [7, 11) is 1.96. The molecule has 0 amide bonds. The predicted octanol–water partition coefficient (Wildman–Crippen LogP) is 2.27. The first-order valence-corrected chi connectivity index (χ1v) is 6.25. The number of rotatable bonds is 3. The van der Waals surface area contributed by atoms with Gasteiger partial charge in [-0.3, -0.25) is 0 Å². The molecule has 1 heterocycles. The number of anilines is 2. The molecule has 2 N–H and O–H groups in total. The molecule has 0 aliphatic rings. The van der Waals surface area contributed by atoms with Crippen LogP contribution in [0.15, 0.2) is 24.3 Å². The highest BCUT2D eigenvalue weighted by atomic mass is 15.3. The minimum Gasteiger partial charge on any atom is -0.399 e. The first-order valence-electron chi connectivity index (χ1n) is 6.25. The van der Waals surface area contributed by atoms with Crippen LogP contribution in [0.2, 0.25) is 0 Å². The summed E-state index contributed by atoms with van der Waals surface area (Å²) in [6.45, 7) is 5.93. The van der Waals surface area contributed by atoms with Crippen LogP contribution in [0.25, 0.3) is 0 Å². The lowest BCUT2D eigenvalue weighted by Gasteiger charge is -2.25. The van der Waals surface area contributed by atoms with Crippen LogP contribution in [0, 0.1) is 13.8 Å². The maximum atomic E-state index is 5.82. The Morgan fingerprint density at radius 1 is 1.16 bits per heavy atom. The summed E-state index contributed by atoms with van der Waals surface area (Å²) < 4.78 is 0. The monoisotopic (exact) mass is 257 g/mol. The third kappa shape index (κ3) is 2.81. The summed E-state index contributed by atoms with van der Waals surface area (Å²) in [5.74, 6) is 0.623. The van der Waals surface area contributed by atoms with Gasteiger partial charge in [0.05, 0.1) is 17.4 Å². The fourth-order valence-electron chi connectivity index (χ4n) is 1.81. The fraction of sp³-hybridized carbons (Fsp3) is 0.357. The topological polar surface area (TPSA) is 67.9 Å². The van der Waals surface area contributed by atoms with Gasteiger partial charge >= 0.3 is 0 Å². The molecule has 1 unspecified atom stereocenters. The zero-order valence-electron chi connectivity index (χ0n) is 11.8. The maximum absolute atomic E-state index is 5.82. The number of hydrogen-bond donors (Lipinski definition) is 1. The van der Waals surface area contributed by atoms with Gasteiger partial charge in [-0.25, -0.2) is 4.98 Å². The second-order valence-corrected chi connectivity index (χ2v) is 4.74. The Morgan fingerprint density at radius 2 is 1.89 bits per heavy atom. The number of aryl methyl sites for hydroxylation is 2. The second-order valence-electron chi connectivity index (χ2n) is 4.74. The third-order valence-electron chi connectivity index (χ3n) is 3.37. The molecule has 0 spiro atoms. The Labute approximate surface area is 113 Å². The van der Waals surface area contributed by atoms with E-state index in [0.29, 0.717) is 5.95 Å². The molecule has 2 aromatic rings. The molecule has 0 fully saturated rings. The molecule has 0 aliphatic heterocycles. The molecule has 1 aromatic carbocycles. The number of benzene rings is 1. The van der Waals surface area contributed by atoms with E-state index in [1.807, 2.05) is 50.1 Å². The van der Waals surface area contributed by atoms with Crippen LogP contribution in [0.1, 0.15) is 29.9 Å². The molecule has 1 atom stereocenters. The van der Waals surface area contributed by atoms with Crippen LogP contribution >= 0.6 is 0 Å². The molecule has 0 saturated carbocycles. The van der Waals surface area contributed by atoms with E-state index in [2.05, 4.69) is 22.1 Å². The number of nitrogens with two attached hydrogens (primary N) is 1. The van der Waals surface area contributed by atoms with Crippen molar-refractivity contribution < 1.29 is 0 Å². The van der Waals surface area contributed by atoms with E-state index in [1.165, 1.54) is 0 Å². The molecule has 100 valence electrons. The Bertz CT molecular complexity index is 582. The quantitative estimate of drug-likeness (QED) is 0.854. The van der Waals surface area contributed by atoms with Gasteiger partial charge in [0.2, 0.25) is 5.95 Å². The number of aromatic nitrogens is 3. The molecular weight excluding hydrogens is 238 g/mol. The van der Waals surface area contributed by atoms with E-state index < -0.39 is 0 Å². The third-order valence-corrected chi connectivity index (χ3v) is 3.37. The summed E-state index contributed by atoms with van der Waals surface area (Å²) in [4.78, 5) is 6.46. The summed E-state index contributed by atoms with van der Waals surface area (Å²) in [6, 6.07) is 7.98. The van der Waals surface area contributed by atoms with Crippen molar-refractivity contribution in [3.63, 3.8) is 0 Å². The lowest BCUT2D eigenvalue weighted by atomic mass is 10.1. The highest BCUT2D eigenvalue weighted by Gasteiger charge is 2.15. The van der Waals surface area contributed by atoms with Crippen LogP contribution < -0.4 is 10.6 Å². The fourth-order valence-corrected chi connectivity index (χ4v) is 1.81. The SMILES string of the molecule is Cc1nnc(N(C)C(C)c2cccc(N)c2)nc1C. The number of nitrogen functional groups attached to an aromatic ring is 1. The van der Waals surface area contributed by atoms with Crippen molar-refractivity contribution in [1.29, 1.82) is 0 Å². The summed E-state index contributed by atoms with van der Waals surface area (Å²) in [6.07, 6.45) is 0. The number of hydrogen-bond acceptors (Lipinski definition) is 5. The highest BCUT2D eigenvalue weighted by Crippen LogP contribution is 2.23. The smallest absolute Gasteiger partial charge is 0.245 e. The minimum absolute atomic E-state index is 0.132. The molecule has 0 bridgehead atoms. The van der Waals surface area contributed by atoms with Crippen LogP contribution in [-0.4, -0.2) is 22.2 Å². The van der Waals surface area contributed by atoms with Gasteiger partial charge in [-0.1, -0.05) is 12.1 Å². The normalized spacial score (nSPS) is 12.2. The van der Waals surface area contributed by atoms with Crippen molar-refractivity contribution in [2.45, 2.75) is 26.8 Å². The van der Waals surface area contributed by atoms with E-state index in [-0.39, 0.29) is 6.04 Å². The average molecular weight is 257 g/mol. The first-order chi connectivity index (χ1) is 8.99. The first kappa shape index (κ1) is 13.3. The second kappa shape index (κ2) is 5.22. The van der Waals surface area contributed by atoms with Gasteiger partial charge in [0.25, 0.3) is 0 Å². The maximum Gasteiger partial charge on any atom is 0.245 e. The Morgan fingerprint density at radius 3 is 2.53 bits per heavy atom. The summed E-state index contributed by atoms with van der Waals surface area (Å²) >= 11 is 0. The van der Waals surface area contributed by atoms with Crippen LogP contribution in [-0.2, 0) is 0 Å². The van der Waals surface area contributed by atoms with Crippen molar-refractivity contribution in [2.24, 2.45) is 0 Å². The summed E-state index contributed by atoms with van der Waals surface area (Å²) in [5, 5.41) is 8.26. The molecule has 2 rings (SSSR count). The average Bonchev–Trinajstić information content (AvgIpc) is 2.40. The molecule has 0 saturated heterocycles. The standard InChI is InChI=1S/C14H19N5/c1-9-10(2)17-18-14(16-9)19(4)11(3)12-6-5-7-13(15)8-12/h5-8,11H,15H2,1-4H3. The molecule has 0 radical (unpaired) electrons. The summed E-state index contributed by atoms with van der Waals surface area (Å²) in [5.41, 5.74) is 9.46. The molecule has 1 aromatic heterocycles. The molecule has 5 heteroatoms. The van der Waals surface area contributed by atoms with E-state index in [4.69, 9.17) is 5.73 Å². The van der Waals surface area contributed by atoms with Crippen molar-refractivity contribution in [3.8, 4) is 0 Å². The van der Waals surface area contributed by atoms with E-state index in [1.54, 1.807) is 0 Å². The molecule has 0 aliphatic carbocycles. The largest absolute Gasteiger partial charge is 0.399 e. The van der Waals surface area contributed by atoms with E-state index >= 15 is 0 Å². The van der Waals surface area contributed by atoms with Gasteiger partial charge < -0.3 is 10.6 Å². The minimum atomic E-state index is 0.132. The molecule has 5 nitrogen and oxygen atoms in total. The zero-order valence-corrected chi connectivity index (χ0v) is 11.8. The zero-order chi connectivity index (χ0) is 14.0. The lowest BCUT2D eigenvalue weighted by molar-refractivity contribution is 0.697. The van der Waals surface area contributed by atoms with Crippen LogP contribution in [0.4, 0.5) is 11.6 Å². The predicted molar refractivity (Wildman–Crippen MR) is 77.0 cm³/mol. The Balaban J connectivity index is 2.27. The van der Waals surface area contributed by atoms with Gasteiger partial charge in [-0.05, 0) is 38.5 Å². The van der Waals surface area contributed by atoms with Crippen molar-refractivity contribution >= 4 is 11.6 Å². The van der Waals surface area contributed by atoms with Gasteiger partial charge in [-0.15, -0.1) is 5.10 Å². The van der Waals surface area contributed by atoms with E-state index in [0.717, 1.165) is 22.6 Å². The lowest BCUT2D eigenvalue weighted by Crippen LogP contribution is -2.24. The van der Waals surface area contributed by atoms with Crippen LogP contribution in [0.3, 0.4) is 0 Å². The molecular formula is C14H19N5. The Hall–Kier alpha value is -2.17. The highest BCUT2D eigenvalue weighted by molar-refractivity contribution is 5.44. The van der Waals surface area contributed by atoms with Gasteiger partial charge in [-0.2, -0.15) is 5.10 Å².